The van der Waals surface area contributed by atoms with Crippen LogP contribution in [0.1, 0.15) is 27.8 Å². The van der Waals surface area contributed by atoms with E-state index in [0.717, 1.165) is 0 Å². The lowest BCUT2D eigenvalue weighted by molar-refractivity contribution is 0.792. The summed E-state index contributed by atoms with van der Waals surface area (Å²) >= 11 is 0. The summed E-state index contributed by atoms with van der Waals surface area (Å²) in [6, 6.07) is 63.5. The maximum Gasteiger partial charge on any atom is 0.0726 e. The lowest BCUT2D eigenvalue weighted by Gasteiger charge is -2.31. The number of fused-ring (bicyclic) bond motifs is 15. The van der Waals surface area contributed by atoms with Crippen LogP contribution in [0.15, 0.2) is 170 Å². The van der Waals surface area contributed by atoms with Gasteiger partial charge in [0.2, 0.25) is 0 Å². The van der Waals surface area contributed by atoms with Gasteiger partial charge in [-0.3, -0.25) is 0 Å². The van der Waals surface area contributed by atoms with E-state index in [2.05, 4.69) is 181 Å². The molecule has 0 N–H and O–H groups in total. The second kappa shape index (κ2) is 9.69. The summed E-state index contributed by atoms with van der Waals surface area (Å²) < 4.78 is 2.56. The Hall–Kier alpha value is -6.18. The zero-order valence-electron chi connectivity index (χ0n) is 27.1. The Bertz CT molecular complexity index is 2790. The first-order chi connectivity index (χ1) is 24.2. The largest absolute Gasteiger partial charge is 0.308 e. The van der Waals surface area contributed by atoms with Gasteiger partial charge in [-0.15, -0.1) is 0 Å². The Labute approximate surface area is 285 Å². The molecule has 49 heavy (non-hydrogen) atoms. The summed E-state index contributed by atoms with van der Waals surface area (Å²) in [5.41, 5.74) is 17.8. The standard InChI is InChI=1S/C48H31N/c1-30-26-27-39-42(28-30)48(40-23-10-7-16-33(40)34-17-8-11-24-41(34)48)43-29-45(35-18-5-6-20-37(35)46(39)43)49-44-25-12-9-19-36(44)38-22-13-21-32(47(38)49)31-14-3-2-4-15-31/h2-29H,1H3. The SMILES string of the molecule is Cc1ccc2c(c1)C1(c3ccccc3-c3ccccc31)c1cc(-n3c4ccccc4c4cccc(-c5ccccc5)c43)c3ccccc3c1-2. The van der Waals surface area contributed by atoms with Crippen LogP contribution in [0.3, 0.4) is 0 Å². The lowest BCUT2D eigenvalue weighted by atomic mass is 9.70. The van der Waals surface area contributed by atoms with Crippen LogP contribution in [-0.2, 0) is 5.41 Å². The summed E-state index contributed by atoms with van der Waals surface area (Å²) in [4.78, 5) is 0. The average molecular weight is 622 g/mol. The molecule has 1 heterocycles. The van der Waals surface area contributed by atoms with Gasteiger partial charge >= 0.3 is 0 Å². The highest BCUT2D eigenvalue weighted by atomic mass is 15.0. The van der Waals surface area contributed by atoms with E-state index < -0.39 is 5.41 Å². The van der Waals surface area contributed by atoms with Crippen molar-refractivity contribution in [3.8, 4) is 39.1 Å². The van der Waals surface area contributed by atoms with E-state index in [1.807, 2.05) is 0 Å². The van der Waals surface area contributed by atoms with Crippen molar-refractivity contribution in [2.45, 2.75) is 12.3 Å². The van der Waals surface area contributed by atoms with E-state index in [4.69, 9.17) is 0 Å². The number of aryl methyl sites for hydroxylation is 1. The van der Waals surface area contributed by atoms with Gasteiger partial charge in [0.25, 0.3) is 0 Å². The van der Waals surface area contributed by atoms with Gasteiger partial charge in [-0.05, 0) is 74.5 Å². The third kappa shape index (κ3) is 3.34. The van der Waals surface area contributed by atoms with Gasteiger partial charge in [0.15, 0.2) is 0 Å². The van der Waals surface area contributed by atoms with Crippen LogP contribution in [0, 0.1) is 6.92 Å². The van der Waals surface area contributed by atoms with Crippen molar-refractivity contribution in [2.75, 3.05) is 0 Å². The monoisotopic (exact) mass is 621 g/mol. The molecule has 228 valence electrons. The number of nitrogens with zero attached hydrogens (tertiary/aromatic N) is 1. The fraction of sp³-hybridized carbons (Fsp3) is 0.0417. The molecule has 0 aliphatic heterocycles. The minimum atomic E-state index is -0.427. The lowest BCUT2D eigenvalue weighted by Crippen LogP contribution is -2.26. The number of aromatic nitrogens is 1. The average Bonchev–Trinajstić information content (AvgIpc) is 3.76. The van der Waals surface area contributed by atoms with E-state index in [9.17, 15) is 0 Å². The molecular formula is C48H31N. The highest BCUT2D eigenvalue weighted by Gasteiger charge is 2.52. The van der Waals surface area contributed by atoms with Crippen molar-refractivity contribution in [1.29, 1.82) is 0 Å². The molecule has 2 aliphatic carbocycles. The minimum Gasteiger partial charge on any atom is -0.308 e. The third-order valence-corrected chi connectivity index (χ3v) is 11.2. The Morgan fingerprint density at radius 3 is 1.80 bits per heavy atom. The van der Waals surface area contributed by atoms with E-state index in [1.165, 1.54) is 99.5 Å². The second-order valence-electron chi connectivity index (χ2n) is 13.7. The molecule has 1 heteroatoms. The fourth-order valence-corrected chi connectivity index (χ4v) is 9.39. The third-order valence-electron chi connectivity index (χ3n) is 11.2. The molecule has 0 saturated carbocycles. The topological polar surface area (TPSA) is 4.93 Å². The molecule has 11 rings (SSSR count). The molecule has 0 radical (unpaired) electrons. The molecule has 0 bridgehead atoms. The van der Waals surface area contributed by atoms with E-state index >= 15 is 0 Å². The summed E-state index contributed by atoms with van der Waals surface area (Å²) in [6.45, 7) is 2.23. The molecule has 0 amide bonds. The van der Waals surface area contributed by atoms with Gasteiger partial charge in [-0.25, -0.2) is 0 Å². The first kappa shape index (κ1) is 26.8. The molecule has 0 unspecified atom stereocenters. The van der Waals surface area contributed by atoms with Gasteiger partial charge in [0, 0.05) is 21.7 Å². The molecule has 2 aliphatic rings. The van der Waals surface area contributed by atoms with Crippen LogP contribution in [0.25, 0.3) is 71.6 Å². The van der Waals surface area contributed by atoms with Crippen LogP contribution in [0.5, 0.6) is 0 Å². The van der Waals surface area contributed by atoms with Crippen molar-refractivity contribution in [1.82, 2.24) is 4.57 Å². The van der Waals surface area contributed by atoms with E-state index in [-0.39, 0.29) is 0 Å². The van der Waals surface area contributed by atoms with Crippen molar-refractivity contribution in [3.05, 3.63) is 198 Å². The molecular weight excluding hydrogens is 591 g/mol. The number of hydrogen-bond acceptors (Lipinski definition) is 0. The molecule has 0 fully saturated rings. The second-order valence-corrected chi connectivity index (χ2v) is 13.7. The first-order valence-electron chi connectivity index (χ1n) is 17.2. The van der Waals surface area contributed by atoms with Crippen LogP contribution < -0.4 is 0 Å². The minimum absolute atomic E-state index is 0.427. The van der Waals surface area contributed by atoms with Crippen LogP contribution in [0.4, 0.5) is 0 Å². The summed E-state index contributed by atoms with van der Waals surface area (Å²) in [5, 5.41) is 5.09. The van der Waals surface area contributed by atoms with Gasteiger partial charge in [-0.1, -0.05) is 163 Å². The normalized spacial score (nSPS) is 13.6. The maximum absolute atomic E-state index is 2.56. The van der Waals surface area contributed by atoms with Gasteiger partial charge in [0.1, 0.15) is 0 Å². The molecule has 1 nitrogen and oxygen atoms in total. The zero-order chi connectivity index (χ0) is 32.3. The summed E-state index contributed by atoms with van der Waals surface area (Å²) in [5.74, 6) is 0. The first-order valence-corrected chi connectivity index (χ1v) is 17.2. The Balaban J connectivity index is 1.36. The highest BCUT2D eigenvalue weighted by Crippen LogP contribution is 2.64. The Morgan fingerprint density at radius 1 is 0.408 bits per heavy atom. The number of rotatable bonds is 2. The Kier molecular flexibility index (Phi) is 5.31. The number of hydrogen-bond donors (Lipinski definition) is 0. The van der Waals surface area contributed by atoms with Crippen molar-refractivity contribution < 1.29 is 0 Å². The van der Waals surface area contributed by atoms with E-state index in [1.54, 1.807) is 0 Å². The number of para-hydroxylation sites is 2. The molecule has 9 aromatic rings. The van der Waals surface area contributed by atoms with Crippen molar-refractivity contribution in [3.63, 3.8) is 0 Å². The summed E-state index contributed by atoms with van der Waals surface area (Å²) in [7, 11) is 0. The van der Waals surface area contributed by atoms with Crippen LogP contribution in [-0.4, -0.2) is 4.57 Å². The number of benzene rings is 8. The summed E-state index contributed by atoms with van der Waals surface area (Å²) in [6.07, 6.45) is 0. The molecule has 1 spiro atoms. The van der Waals surface area contributed by atoms with E-state index in [0.29, 0.717) is 0 Å². The smallest absolute Gasteiger partial charge is 0.0726 e. The van der Waals surface area contributed by atoms with Crippen molar-refractivity contribution in [2.24, 2.45) is 0 Å². The predicted molar refractivity (Wildman–Crippen MR) is 205 cm³/mol. The van der Waals surface area contributed by atoms with Gasteiger partial charge in [0.05, 0.1) is 22.1 Å². The molecule has 0 saturated heterocycles. The predicted octanol–water partition coefficient (Wildman–Crippen LogP) is 12.3. The van der Waals surface area contributed by atoms with Crippen LogP contribution >= 0.6 is 0 Å². The zero-order valence-corrected chi connectivity index (χ0v) is 27.1. The highest BCUT2D eigenvalue weighted by molar-refractivity contribution is 6.16. The van der Waals surface area contributed by atoms with Crippen molar-refractivity contribution >= 4 is 32.6 Å². The van der Waals surface area contributed by atoms with Gasteiger partial charge < -0.3 is 4.57 Å². The molecule has 1 aromatic heterocycles. The quantitative estimate of drug-likeness (QED) is 0.181. The van der Waals surface area contributed by atoms with Crippen LogP contribution in [0.2, 0.25) is 0 Å². The Morgan fingerprint density at radius 2 is 1.02 bits per heavy atom. The maximum atomic E-state index is 2.56. The molecule has 0 atom stereocenters. The van der Waals surface area contributed by atoms with Gasteiger partial charge in [-0.2, -0.15) is 0 Å². The molecule has 8 aromatic carbocycles. The fourth-order valence-electron chi connectivity index (χ4n) is 9.39.